The van der Waals surface area contributed by atoms with Crippen molar-refractivity contribution in [3.8, 4) is 0 Å². The van der Waals surface area contributed by atoms with Crippen LogP contribution in [0.5, 0.6) is 0 Å². The van der Waals surface area contributed by atoms with Crippen molar-refractivity contribution in [1.82, 2.24) is 0 Å². The van der Waals surface area contributed by atoms with Crippen LogP contribution < -0.4 is 0 Å². The molecule has 0 aromatic carbocycles. The van der Waals surface area contributed by atoms with Gasteiger partial charge in [0.1, 0.15) is 0 Å². The van der Waals surface area contributed by atoms with E-state index in [4.69, 9.17) is 4.74 Å². The lowest BCUT2D eigenvalue weighted by molar-refractivity contribution is -0.0686. The van der Waals surface area contributed by atoms with Crippen molar-refractivity contribution >= 4 is 10.1 Å². The van der Waals surface area contributed by atoms with Crippen LogP contribution in [0, 0.1) is 0 Å². The van der Waals surface area contributed by atoms with Gasteiger partial charge in [-0.25, -0.2) is 0 Å². The highest BCUT2D eigenvalue weighted by Crippen LogP contribution is 2.28. The zero-order chi connectivity index (χ0) is 11.7. The molecule has 1 rings (SSSR count). The first-order chi connectivity index (χ1) is 6.72. The highest BCUT2D eigenvalue weighted by molar-refractivity contribution is 7.87. The SMILES string of the molecule is CC1CC(OS(=O)(=O)C(F)(F)F)CCO1. The Morgan fingerprint density at radius 2 is 2.00 bits per heavy atom. The molecule has 0 N–H and O–H groups in total. The number of rotatable bonds is 2. The highest BCUT2D eigenvalue weighted by Gasteiger charge is 2.48. The molecule has 1 fully saturated rings. The second kappa shape index (κ2) is 4.26. The van der Waals surface area contributed by atoms with Gasteiger partial charge in [0.05, 0.1) is 12.2 Å². The van der Waals surface area contributed by atoms with E-state index >= 15 is 0 Å². The Morgan fingerprint density at radius 1 is 1.40 bits per heavy atom. The first kappa shape index (κ1) is 12.7. The largest absolute Gasteiger partial charge is 0.523 e. The van der Waals surface area contributed by atoms with Gasteiger partial charge in [0.25, 0.3) is 0 Å². The van der Waals surface area contributed by atoms with Gasteiger partial charge >= 0.3 is 15.6 Å². The van der Waals surface area contributed by atoms with Gasteiger partial charge in [0.15, 0.2) is 0 Å². The minimum absolute atomic E-state index is 0.148. The molecule has 1 aliphatic heterocycles. The van der Waals surface area contributed by atoms with Crippen LogP contribution in [0.2, 0.25) is 0 Å². The van der Waals surface area contributed by atoms with Crippen LogP contribution in [0.1, 0.15) is 19.8 Å². The fourth-order valence-corrected chi connectivity index (χ4v) is 1.92. The summed E-state index contributed by atoms with van der Waals surface area (Å²) in [5.74, 6) is 0. The Labute approximate surface area is 85.5 Å². The molecular formula is C7H11F3O4S. The number of hydrogen-bond donors (Lipinski definition) is 0. The van der Waals surface area contributed by atoms with Crippen LogP contribution in [0.15, 0.2) is 0 Å². The van der Waals surface area contributed by atoms with Gasteiger partial charge in [-0.05, 0) is 13.3 Å². The molecule has 4 nitrogen and oxygen atoms in total. The van der Waals surface area contributed by atoms with Gasteiger partial charge in [-0.2, -0.15) is 21.6 Å². The minimum atomic E-state index is -5.48. The van der Waals surface area contributed by atoms with Crippen LogP contribution in [-0.2, 0) is 19.0 Å². The lowest BCUT2D eigenvalue weighted by Crippen LogP contribution is -2.35. The third-order valence-corrected chi connectivity index (χ3v) is 3.08. The van der Waals surface area contributed by atoms with Gasteiger partial charge in [0.2, 0.25) is 0 Å². The van der Waals surface area contributed by atoms with E-state index in [0.717, 1.165) is 0 Å². The zero-order valence-electron chi connectivity index (χ0n) is 7.95. The summed E-state index contributed by atoms with van der Waals surface area (Å²) < 4.78 is 66.2. The topological polar surface area (TPSA) is 52.6 Å². The van der Waals surface area contributed by atoms with Crippen molar-refractivity contribution in [2.45, 2.75) is 37.5 Å². The summed E-state index contributed by atoms with van der Waals surface area (Å²) in [6.45, 7) is 1.86. The normalized spacial score (nSPS) is 29.1. The average Bonchev–Trinajstić information content (AvgIpc) is 2.00. The van der Waals surface area contributed by atoms with Crippen LogP contribution in [0.3, 0.4) is 0 Å². The highest BCUT2D eigenvalue weighted by atomic mass is 32.2. The molecule has 90 valence electrons. The van der Waals surface area contributed by atoms with Crippen molar-refractivity contribution in [1.29, 1.82) is 0 Å². The van der Waals surface area contributed by atoms with Crippen molar-refractivity contribution in [3.63, 3.8) is 0 Å². The van der Waals surface area contributed by atoms with Crippen LogP contribution in [0.4, 0.5) is 13.2 Å². The Kier molecular flexibility index (Phi) is 3.62. The van der Waals surface area contributed by atoms with Crippen molar-refractivity contribution < 1.29 is 30.5 Å². The first-order valence-corrected chi connectivity index (χ1v) is 5.74. The van der Waals surface area contributed by atoms with E-state index in [0.29, 0.717) is 0 Å². The van der Waals surface area contributed by atoms with E-state index in [9.17, 15) is 21.6 Å². The molecule has 2 unspecified atom stereocenters. The molecule has 0 aromatic rings. The summed E-state index contributed by atoms with van der Waals surface area (Å²) >= 11 is 0. The minimum Gasteiger partial charge on any atom is -0.378 e. The van der Waals surface area contributed by atoms with E-state index in [-0.39, 0.29) is 25.6 Å². The Morgan fingerprint density at radius 3 is 2.47 bits per heavy atom. The fourth-order valence-electron chi connectivity index (χ4n) is 1.28. The van der Waals surface area contributed by atoms with E-state index in [1.54, 1.807) is 6.92 Å². The fraction of sp³-hybridized carbons (Fsp3) is 1.00. The summed E-state index contributed by atoms with van der Waals surface area (Å²) in [4.78, 5) is 0. The molecule has 15 heavy (non-hydrogen) atoms. The standard InChI is InChI=1S/C7H11F3O4S/c1-5-4-6(2-3-13-5)14-15(11,12)7(8,9)10/h5-6H,2-4H2,1H3. The van der Waals surface area contributed by atoms with Crippen LogP contribution in [-0.4, -0.2) is 32.7 Å². The van der Waals surface area contributed by atoms with Crippen molar-refractivity contribution in [3.05, 3.63) is 0 Å². The van der Waals surface area contributed by atoms with Gasteiger partial charge < -0.3 is 4.74 Å². The van der Waals surface area contributed by atoms with Crippen LogP contribution >= 0.6 is 0 Å². The average molecular weight is 248 g/mol. The zero-order valence-corrected chi connectivity index (χ0v) is 8.77. The van der Waals surface area contributed by atoms with E-state index < -0.39 is 21.7 Å². The van der Waals surface area contributed by atoms with Gasteiger partial charge in [0, 0.05) is 13.0 Å². The predicted molar refractivity (Wildman–Crippen MR) is 44.5 cm³/mol. The summed E-state index contributed by atoms with van der Waals surface area (Å²) in [5, 5.41) is 0. The Balaban J connectivity index is 2.62. The molecule has 0 amide bonds. The molecular weight excluding hydrogens is 237 g/mol. The second-order valence-electron chi connectivity index (χ2n) is 3.32. The second-order valence-corrected chi connectivity index (χ2v) is 4.89. The number of ether oxygens (including phenoxy) is 1. The quantitative estimate of drug-likeness (QED) is 0.548. The lowest BCUT2D eigenvalue weighted by Gasteiger charge is -2.26. The molecule has 0 aliphatic carbocycles. The number of alkyl halides is 3. The molecule has 8 heteroatoms. The lowest BCUT2D eigenvalue weighted by atomic mass is 10.1. The molecule has 0 aromatic heterocycles. The summed E-state index contributed by atoms with van der Waals surface area (Å²) in [6, 6.07) is 0. The van der Waals surface area contributed by atoms with Gasteiger partial charge in [-0.1, -0.05) is 0 Å². The molecule has 0 spiro atoms. The molecule has 0 bridgehead atoms. The van der Waals surface area contributed by atoms with E-state index in [2.05, 4.69) is 4.18 Å². The van der Waals surface area contributed by atoms with E-state index in [1.807, 2.05) is 0 Å². The smallest absolute Gasteiger partial charge is 0.378 e. The van der Waals surface area contributed by atoms with Crippen molar-refractivity contribution in [2.24, 2.45) is 0 Å². The predicted octanol–water partition coefficient (Wildman–Crippen LogP) is 1.42. The van der Waals surface area contributed by atoms with Crippen LogP contribution in [0.25, 0.3) is 0 Å². The number of hydrogen-bond acceptors (Lipinski definition) is 4. The summed E-state index contributed by atoms with van der Waals surface area (Å²) in [7, 11) is -5.48. The Bertz CT molecular complexity index is 311. The van der Waals surface area contributed by atoms with Crippen molar-refractivity contribution in [2.75, 3.05) is 6.61 Å². The molecule has 1 aliphatic rings. The van der Waals surface area contributed by atoms with E-state index in [1.165, 1.54) is 0 Å². The summed E-state index contributed by atoms with van der Waals surface area (Å²) in [6.07, 6.45) is -0.929. The molecule has 1 heterocycles. The monoisotopic (exact) mass is 248 g/mol. The van der Waals surface area contributed by atoms with Gasteiger partial charge in [-0.3, -0.25) is 4.18 Å². The molecule has 0 saturated carbocycles. The maximum Gasteiger partial charge on any atom is 0.523 e. The third-order valence-electron chi connectivity index (χ3n) is 1.98. The molecule has 2 atom stereocenters. The third kappa shape index (κ3) is 3.32. The maximum atomic E-state index is 11.9. The van der Waals surface area contributed by atoms with Gasteiger partial charge in [-0.15, -0.1) is 0 Å². The molecule has 1 saturated heterocycles. The summed E-state index contributed by atoms with van der Waals surface area (Å²) in [5.41, 5.74) is -5.35. The number of halogens is 3. The maximum absolute atomic E-state index is 11.9. The molecule has 0 radical (unpaired) electrons. The first-order valence-electron chi connectivity index (χ1n) is 4.33. The Hall–Kier alpha value is -0.340.